The van der Waals surface area contributed by atoms with E-state index in [1.807, 2.05) is 23.1 Å². The Labute approximate surface area is 165 Å². The molecule has 1 saturated heterocycles. The van der Waals surface area contributed by atoms with Crippen LogP contribution in [-0.4, -0.2) is 35.8 Å². The Balaban J connectivity index is 1.48. The van der Waals surface area contributed by atoms with Gasteiger partial charge in [0.25, 0.3) is 5.91 Å². The minimum atomic E-state index is -0.260. The summed E-state index contributed by atoms with van der Waals surface area (Å²) in [6.07, 6.45) is 4.92. The molecule has 0 aliphatic carbocycles. The Morgan fingerprint density at radius 3 is 2.54 bits per heavy atom. The third kappa shape index (κ3) is 5.65. The van der Waals surface area contributed by atoms with Crippen molar-refractivity contribution in [3.63, 3.8) is 0 Å². The minimum Gasteiger partial charge on any atom is -0.352 e. The molecule has 1 heterocycles. The summed E-state index contributed by atoms with van der Waals surface area (Å²) in [4.78, 5) is 26.9. The first-order chi connectivity index (χ1) is 13.6. The first-order valence-corrected chi connectivity index (χ1v) is 10.0. The lowest BCUT2D eigenvalue weighted by molar-refractivity contribution is -0.134. The fourth-order valence-electron chi connectivity index (χ4n) is 3.72. The number of hydrogen-bond acceptors (Lipinski definition) is 2. The third-order valence-electron chi connectivity index (χ3n) is 5.29. The zero-order chi connectivity index (χ0) is 19.8. The highest BCUT2D eigenvalue weighted by Gasteiger charge is 2.26. The highest BCUT2D eigenvalue weighted by Crippen LogP contribution is 2.21. The van der Waals surface area contributed by atoms with E-state index in [1.165, 1.54) is 12.1 Å². The Morgan fingerprint density at radius 2 is 1.79 bits per heavy atom. The molecule has 0 saturated carbocycles. The largest absolute Gasteiger partial charge is 0.352 e. The number of likely N-dealkylation sites (tertiary alicyclic amines) is 1. The predicted octanol–water partition coefficient (Wildman–Crippen LogP) is 3.96. The average molecular weight is 382 g/mol. The molecule has 2 amide bonds. The number of carbonyl (C=O) groups excluding carboxylic acids is 2. The predicted molar refractivity (Wildman–Crippen MR) is 107 cm³/mol. The van der Waals surface area contributed by atoms with Crippen molar-refractivity contribution in [2.75, 3.05) is 13.1 Å². The van der Waals surface area contributed by atoms with E-state index >= 15 is 0 Å². The first-order valence-electron chi connectivity index (χ1n) is 10.0. The molecule has 5 heteroatoms. The van der Waals surface area contributed by atoms with Crippen LogP contribution in [0.25, 0.3) is 0 Å². The van der Waals surface area contributed by atoms with Crippen LogP contribution in [0.5, 0.6) is 0 Å². The topological polar surface area (TPSA) is 49.4 Å². The summed E-state index contributed by atoms with van der Waals surface area (Å²) in [6.45, 7) is 1.33. The standard InChI is InChI=1S/C23H27FN2O2/c24-20-12-9-18(10-13-20)11-14-22(27)26-17-5-4-8-21(26)15-16-25-23(28)19-6-2-1-3-7-19/h1-3,6-7,9-10,12-13,21H,4-5,8,11,14-17H2,(H,25,28)/t21-/m0/s1. The zero-order valence-corrected chi connectivity index (χ0v) is 16.1. The van der Waals surface area contributed by atoms with Crippen molar-refractivity contribution >= 4 is 11.8 Å². The van der Waals surface area contributed by atoms with Gasteiger partial charge in [-0.3, -0.25) is 9.59 Å². The Kier molecular flexibility index (Phi) is 7.18. The summed E-state index contributed by atoms with van der Waals surface area (Å²) in [5.74, 6) is -0.197. The molecule has 0 aromatic heterocycles. The second kappa shape index (κ2) is 10.0. The van der Waals surface area contributed by atoms with Crippen molar-refractivity contribution in [3.05, 3.63) is 71.5 Å². The number of hydrogen-bond donors (Lipinski definition) is 1. The molecule has 148 valence electrons. The van der Waals surface area contributed by atoms with Gasteiger partial charge < -0.3 is 10.2 Å². The van der Waals surface area contributed by atoms with Gasteiger partial charge in [0.2, 0.25) is 5.91 Å². The Bertz CT molecular complexity index is 777. The van der Waals surface area contributed by atoms with Gasteiger partial charge in [-0.2, -0.15) is 0 Å². The summed E-state index contributed by atoms with van der Waals surface area (Å²) in [6, 6.07) is 15.7. The van der Waals surface area contributed by atoms with Crippen LogP contribution in [0.4, 0.5) is 4.39 Å². The molecule has 28 heavy (non-hydrogen) atoms. The summed E-state index contributed by atoms with van der Waals surface area (Å²) in [7, 11) is 0. The fraction of sp³-hybridized carbons (Fsp3) is 0.391. The monoisotopic (exact) mass is 382 g/mol. The number of aryl methyl sites for hydroxylation is 1. The van der Waals surface area contributed by atoms with E-state index in [9.17, 15) is 14.0 Å². The molecule has 3 rings (SSSR count). The number of carbonyl (C=O) groups is 2. The molecule has 0 unspecified atom stereocenters. The number of benzene rings is 2. The second-order valence-electron chi connectivity index (χ2n) is 7.27. The van der Waals surface area contributed by atoms with Crippen molar-refractivity contribution in [3.8, 4) is 0 Å². The van der Waals surface area contributed by atoms with Crippen LogP contribution < -0.4 is 5.32 Å². The van der Waals surface area contributed by atoms with Gasteiger partial charge >= 0.3 is 0 Å². The third-order valence-corrected chi connectivity index (χ3v) is 5.29. The molecule has 0 radical (unpaired) electrons. The normalized spacial score (nSPS) is 16.6. The molecule has 2 aromatic carbocycles. The van der Waals surface area contributed by atoms with Crippen LogP contribution in [0.2, 0.25) is 0 Å². The quantitative estimate of drug-likeness (QED) is 0.788. The maximum Gasteiger partial charge on any atom is 0.251 e. The van der Waals surface area contributed by atoms with Crippen LogP contribution in [0.1, 0.15) is 48.0 Å². The van der Waals surface area contributed by atoms with Crippen LogP contribution in [0.15, 0.2) is 54.6 Å². The van der Waals surface area contributed by atoms with Gasteiger partial charge in [0.05, 0.1) is 0 Å². The van der Waals surface area contributed by atoms with Gasteiger partial charge in [-0.25, -0.2) is 4.39 Å². The van der Waals surface area contributed by atoms with Gasteiger partial charge in [0.15, 0.2) is 0 Å². The van der Waals surface area contributed by atoms with E-state index < -0.39 is 0 Å². The number of amides is 2. The number of piperidine rings is 1. The van der Waals surface area contributed by atoms with Crippen LogP contribution in [0, 0.1) is 5.82 Å². The highest BCUT2D eigenvalue weighted by atomic mass is 19.1. The van der Waals surface area contributed by atoms with Crippen molar-refractivity contribution in [1.82, 2.24) is 10.2 Å². The fourth-order valence-corrected chi connectivity index (χ4v) is 3.72. The summed E-state index contributed by atoms with van der Waals surface area (Å²) >= 11 is 0. The van der Waals surface area contributed by atoms with Gasteiger partial charge in [0.1, 0.15) is 5.82 Å². The maximum atomic E-state index is 13.0. The molecular formula is C23H27FN2O2. The van der Waals surface area contributed by atoms with Crippen molar-refractivity contribution in [2.45, 2.75) is 44.6 Å². The van der Waals surface area contributed by atoms with Crippen molar-refractivity contribution < 1.29 is 14.0 Å². The van der Waals surface area contributed by atoms with Gasteiger partial charge in [-0.05, 0) is 61.9 Å². The van der Waals surface area contributed by atoms with Crippen LogP contribution in [-0.2, 0) is 11.2 Å². The smallest absolute Gasteiger partial charge is 0.251 e. The number of nitrogens with one attached hydrogen (secondary N) is 1. The van der Waals surface area contributed by atoms with Gasteiger partial charge in [-0.15, -0.1) is 0 Å². The molecule has 1 atom stereocenters. The van der Waals surface area contributed by atoms with Crippen LogP contribution in [0.3, 0.4) is 0 Å². The second-order valence-corrected chi connectivity index (χ2v) is 7.27. The molecule has 0 bridgehead atoms. The lowest BCUT2D eigenvalue weighted by atomic mass is 9.98. The lowest BCUT2D eigenvalue weighted by Gasteiger charge is -2.36. The number of nitrogens with zero attached hydrogens (tertiary/aromatic N) is 1. The molecule has 2 aromatic rings. The number of halogens is 1. The van der Waals surface area contributed by atoms with Gasteiger partial charge in [0, 0.05) is 31.1 Å². The maximum absolute atomic E-state index is 13.0. The molecule has 4 nitrogen and oxygen atoms in total. The highest BCUT2D eigenvalue weighted by molar-refractivity contribution is 5.94. The summed E-state index contributed by atoms with van der Waals surface area (Å²) < 4.78 is 13.0. The number of rotatable bonds is 7. The first kappa shape index (κ1) is 20.1. The Morgan fingerprint density at radius 1 is 1.04 bits per heavy atom. The molecule has 0 spiro atoms. The molecule has 1 fully saturated rings. The minimum absolute atomic E-state index is 0.0782. The van der Waals surface area contributed by atoms with E-state index in [-0.39, 0.29) is 23.7 Å². The van der Waals surface area contributed by atoms with E-state index in [1.54, 1.807) is 24.3 Å². The van der Waals surface area contributed by atoms with Crippen LogP contribution >= 0.6 is 0 Å². The molecular weight excluding hydrogens is 355 g/mol. The molecule has 1 aliphatic heterocycles. The summed E-state index contributed by atoms with van der Waals surface area (Å²) in [5, 5.41) is 2.96. The Hall–Kier alpha value is -2.69. The average Bonchev–Trinajstić information content (AvgIpc) is 2.74. The molecule has 1 N–H and O–H groups in total. The van der Waals surface area contributed by atoms with E-state index in [2.05, 4.69) is 5.32 Å². The van der Waals surface area contributed by atoms with E-state index in [0.717, 1.165) is 37.8 Å². The van der Waals surface area contributed by atoms with E-state index in [0.29, 0.717) is 24.9 Å². The zero-order valence-electron chi connectivity index (χ0n) is 16.1. The van der Waals surface area contributed by atoms with Gasteiger partial charge in [-0.1, -0.05) is 30.3 Å². The van der Waals surface area contributed by atoms with Crippen molar-refractivity contribution in [1.29, 1.82) is 0 Å². The SMILES string of the molecule is O=C(NCC[C@@H]1CCCCN1C(=O)CCc1ccc(F)cc1)c1ccccc1. The lowest BCUT2D eigenvalue weighted by Crippen LogP contribution is -2.45. The molecule has 1 aliphatic rings. The van der Waals surface area contributed by atoms with E-state index in [4.69, 9.17) is 0 Å². The summed E-state index contributed by atoms with van der Waals surface area (Å²) in [5.41, 5.74) is 1.62. The van der Waals surface area contributed by atoms with Crippen molar-refractivity contribution in [2.24, 2.45) is 0 Å².